The molecule has 2 nitrogen and oxygen atoms in total. The van der Waals surface area contributed by atoms with E-state index in [1.54, 1.807) is 0 Å². The number of hydrogen-bond acceptors (Lipinski definition) is 2. The Balaban J connectivity index is 4.26. The van der Waals surface area contributed by atoms with Crippen LogP contribution in [0.4, 0.5) is 0 Å². The van der Waals surface area contributed by atoms with Gasteiger partial charge >= 0.3 is 0 Å². The average Bonchev–Trinajstić information content (AvgIpc) is 2.21. The van der Waals surface area contributed by atoms with Crippen LogP contribution in [0.25, 0.3) is 0 Å². The summed E-state index contributed by atoms with van der Waals surface area (Å²) in [6.07, 6.45) is 0.993. The summed E-state index contributed by atoms with van der Waals surface area (Å²) in [7, 11) is -1.50. The van der Waals surface area contributed by atoms with Crippen LogP contribution in [-0.4, -0.2) is 21.2 Å². The number of rotatable bonds is 7. The Hall–Kier alpha value is -0.153. The number of hydrogen-bond donors (Lipinski definition) is 0. The molecule has 0 fully saturated rings. The van der Waals surface area contributed by atoms with Crippen molar-refractivity contribution >= 4 is 14.6 Å². The molecule has 0 unspecified atom stereocenters. The number of carbonyl (C=O) groups is 1. The first-order valence-electron chi connectivity index (χ1n) is 5.55. The first kappa shape index (κ1) is 13.8. The van der Waals surface area contributed by atoms with E-state index in [0.29, 0.717) is 6.61 Å². The predicted molar refractivity (Wildman–Crippen MR) is 63.0 cm³/mol. The standard InChI is InChI=1S/C11H24O2Si/c1-6-14(7-2,8-3)13-10-11(4,5)9-12/h9H,6-8,10H2,1-5H3. The van der Waals surface area contributed by atoms with Crippen LogP contribution in [0.15, 0.2) is 0 Å². The molecule has 0 saturated heterocycles. The molecule has 0 aliphatic rings. The second-order valence-corrected chi connectivity index (χ2v) is 9.41. The van der Waals surface area contributed by atoms with E-state index in [1.165, 1.54) is 0 Å². The van der Waals surface area contributed by atoms with Gasteiger partial charge in [-0.15, -0.1) is 0 Å². The Kier molecular flexibility index (Phi) is 5.60. The van der Waals surface area contributed by atoms with E-state index >= 15 is 0 Å². The van der Waals surface area contributed by atoms with E-state index in [1.807, 2.05) is 13.8 Å². The molecule has 3 heteroatoms. The molecule has 0 aromatic carbocycles. The third-order valence-electron chi connectivity index (χ3n) is 3.00. The van der Waals surface area contributed by atoms with Gasteiger partial charge in [0.15, 0.2) is 8.32 Å². The Labute approximate surface area is 89.2 Å². The van der Waals surface area contributed by atoms with Gasteiger partial charge in [-0.3, -0.25) is 0 Å². The van der Waals surface area contributed by atoms with E-state index in [-0.39, 0.29) is 5.41 Å². The molecular weight excluding hydrogens is 192 g/mol. The Morgan fingerprint density at radius 3 is 1.86 bits per heavy atom. The van der Waals surface area contributed by atoms with E-state index in [9.17, 15) is 4.79 Å². The zero-order valence-corrected chi connectivity index (χ0v) is 11.2. The van der Waals surface area contributed by atoms with Gasteiger partial charge in [-0.25, -0.2) is 0 Å². The van der Waals surface area contributed by atoms with Gasteiger partial charge in [-0.1, -0.05) is 34.6 Å². The van der Waals surface area contributed by atoms with Gasteiger partial charge in [0.2, 0.25) is 0 Å². The molecule has 0 bridgehead atoms. The number of carbonyl (C=O) groups excluding carboxylic acids is 1. The molecule has 0 saturated carbocycles. The van der Waals surface area contributed by atoms with Gasteiger partial charge in [-0.2, -0.15) is 0 Å². The highest BCUT2D eigenvalue weighted by atomic mass is 28.4. The number of aldehydes is 1. The lowest BCUT2D eigenvalue weighted by molar-refractivity contribution is -0.116. The van der Waals surface area contributed by atoms with Crippen molar-refractivity contribution in [1.29, 1.82) is 0 Å². The Morgan fingerprint density at radius 2 is 1.57 bits per heavy atom. The molecule has 0 heterocycles. The van der Waals surface area contributed by atoms with Crippen LogP contribution in [0.5, 0.6) is 0 Å². The van der Waals surface area contributed by atoms with Gasteiger partial charge < -0.3 is 9.22 Å². The summed E-state index contributed by atoms with van der Waals surface area (Å²) in [5.74, 6) is 0. The van der Waals surface area contributed by atoms with Crippen LogP contribution in [0.2, 0.25) is 18.1 Å². The maximum absolute atomic E-state index is 10.7. The minimum atomic E-state index is -1.50. The van der Waals surface area contributed by atoms with Gasteiger partial charge in [0.1, 0.15) is 6.29 Å². The van der Waals surface area contributed by atoms with Crippen molar-refractivity contribution in [1.82, 2.24) is 0 Å². The third-order valence-corrected chi connectivity index (χ3v) is 7.63. The molecule has 0 atom stereocenters. The second kappa shape index (κ2) is 5.66. The molecule has 0 aromatic heterocycles. The highest BCUT2D eigenvalue weighted by Gasteiger charge is 2.31. The van der Waals surface area contributed by atoms with Crippen LogP contribution >= 0.6 is 0 Å². The molecule has 0 aliphatic carbocycles. The van der Waals surface area contributed by atoms with Crippen molar-refractivity contribution < 1.29 is 9.22 Å². The largest absolute Gasteiger partial charge is 0.416 e. The molecule has 0 spiro atoms. The zero-order chi connectivity index (χ0) is 11.2. The lowest BCUT2D eigenvalue weighted by Crippen LogP contribution is -2.39. The molecule has 0 aliphatic heterocycles. The summed E-state index contributed by atoms with van der Waals surface area (Å²) in [5.41, 5.74) is -0.322. The summed E-state index contributed by atoms with van der Waals surface area (Å²) in [5, 5.41) is 0. The van der Waals surface area contributed by atoms with Crippen LogP contribution in [0.1, 0.15) is 34.6 Å². The van der Waals surface area contributed by atoms with Crippen molar-refractivity contribution in [3.63, 3.8) is 0 Å². The van der Waals surface area contributed by atoms with E-state index < -0.39 is 8.32 Å². The second-order valence-electron chi connectivity index (χ2n) is 4.64. The summed E-state index contributed by atoms with van der Waals surface area (Å²) in [6.45, 7) is 11.0. The predicted octanol–water partition coefficient (Wildman–Crippen LogP) is 3.23. The minimum Gasteiger partial charge on any atom is -0.416 e. The Bertz CT molecular complexity index is 166. The van der Waals surface area contributed by atoms with E-state index in [4.69, 9.17) is 4.43 Å². The van der Waals surface area contributed by atoms with Crippen molar-refractivity contribution in [3.8, 4) is 0 Å². The fourth-order valence-corrected chi connectivity index (χ4v) is 4.22. The van der Waals surface area contributed by atoms with Crippen molar-refractivity contribution in [3.05, 3.63) is 0 Å². The maximum atomic E-state index is 10.7. The van der Waals surface area contributed by atoms with E-state index in [2.05, 4.69) is 20.8 Å². The maximum Gasteiger partial charge on any atom is 0.192 e. The summed E-state index contributed by atoms with van der Waals surface area (Å²) >= 11 is 0. The molecular formula is C11H24O2Si. The highest BCUT2D eigenvalue weighted by Crippen LogP contribution is 2.24. The summed E-state index contributed by atoms with van der Waals surface area (Å²) in [4.78, 5) is 10.7. The molecule has 84 valence electrons. The highest BCUT2D eigenvalue weighted by molar-refractivity contribution is 6.73. The molecule has 0 N–H and O–H groups in total. The molecule has 0 amide bonds. The van der Waals surface area contributed by atoms with Crippen LogP contribution in [0, 0.1) is 5.41 Å². The average molecular weight is 216 g/mol. The zero-order valence-electron chi connectivity index (χ0n) is 10.2. The van der Waals surface area contributed by atoms with Crippen molar-refractivity contribution in [2.45, 2.75) is 52.8 Å². The molecule has 0 rings (SSSR count). The lowest BCUT2D eigenvalue weighted by Gasteiger charge is -2.31. The molecule has 0 radical (unpaired) electrons. The fraction of sp³-hybridized carbons (Fsp3) is 0.909. The first-order chi connectivity index (χ1) is 6.45. The van der Waals surface area contributed by atoms with E-state index in [0.717, 1.165) is 24.4 Å². The SMILES string of the molecule is CC[Si](CC)(CC)OCC(C)(C)C=O. The smallest absolute Gasteiger partial charge is 0.192 e. The van der Waals surface area contributed by atoms with Gasteiger partial charge in [0.05, 0.1) is 0 Å². The summed E-state index contributed by atoms with van der Waals surface area (Å²) in [6, 6.07) is 3.44. The fourth-order valence-electron chi connectivity index (χ4n) is 1.43. The monoisotopic (exact) mass is 216 g/mol. The quantitative estimate of drug-likeness (QED) is 0.482. The Morgan fingerprint density at radius 1 is 1.14 bits per heavy atom. The van der Waals surface area contributed by atoms with Gasteiger partial charge in [0.25, 0.3) is 0 Å². The minimum absolute atomic E-state index is 0.322. The molecule has 0 aromatic rings. The lowest BCUT2D eigenvalue weighted by atomic mass is 9.98. The van der Waals surface area contributed by atoms with Crippen molar-refractivity contribution in [2.75, 3.05) is 6.61 Å². The van der Waals surface area contributed by atoms with Gasteiger partial charge in [-0.05, 0) is 18.1 Å². The topological polar surface area (TPSA) is 26.3 Å². The van der Waals surface area contributed by atoms with Crippen molar-refractivity contribution in [2.24, 2.45) is 5.41 Å². The van der Waals surface area contributed by atoms with Crippen LogP contribution in [0.3, 0.4) is 0 Å². The van der Waals surface area contributed by atoms with Crippen LogP contribution in [-0.2, 0) is 9.22 Å². The first-order valence-corrected chi connectivity index (χ1v) is 8.08. The summed E-state index contributed by atoms with van der Waals surface area (Å²) < 4.78 is 6.04. The molecule has 14 heavy (non-hydrogen) atoms. The van der Waals surface area contributed by atoms with Crippen LogP contribution < -0.4 is 0 Å². The van der Waals surface area contributed by atoms with Gasteiger partial charge in [0, 0.05) is 12.0 Å². The third kappa shape index (κ3) is 3.92. The normalized spacial score (nSPS) is 12.9.